The van der Waals surface area contributed by atoms with E-state index < -0.39 is 0 Å². The Morgan fingerprint density at radius 2 is 1.42 bits per heavy atom. The zero-order valence-electron chi connectivity index (χ0n) is 7.03. The lowest BCUT2D eigenvalue weighted by Crippen LogP contribution is -2.20. The van der Waals surface area contributed by atoms with Gasteiger partial charge >= 0.3 is 0 Å². The largest absolute Gasteiger partial charge is 0.412 e. The first-order valence-electron chi connectivity index (χ1n) is 3.46. The molecule has 0 aliphatic carbocycles. The summed E-state index contributed by atoms with van der Waals surface area (Å²) in [6, 6.07) is 12.0. The Kier molecular flexibility index (Phi) is 14.0. The summed E-state index contributed by atoms with van der Waals surface area (Å²) in [5, 5.41) is 0. The molecule has 5 N–H and O–H groups in total. The molecule has 68 valence electrons. The van der Waals surface area contributed by atoms with Crippen molar-refractivity contribution < 1.29 is 5.48 Å². The van der Waals surface area contributed by atoms with Crippen molar-refractivity contribution in [1.29, 1.82) is 0 Å². The Bertz CT molecular complexity index is 139. The van der Waals surface area contributed by atoms with E-state index in [0.717, 1.165) is 0 Å². The van der Waals surface area contributed by atoms with Gasteiger partial charge in [0.05, 0.1) is 0 Å². The molecule has 0 saturated heterocycles. The number of benzene rings is 1. The molecule has 0 saturated carbocycles. The Hall–Kier alpha value is -1.16. The topological polar surface area (TPSA) is 69.5 Å². The Morgan fingerprint density at radius 1 is 1.08 bits per heavy atom. The summed E-state index contributed by atoms with van der Waals surface area (Å²) in [6.45, 7) is 4.09. The van der Waals surface area contributed by atoms with Gasteiger partial charge in [-0.15, -0.1) is 6.58 Å². The van der Waals surface area contributed by atoms with Crippen LogP contribution in [0.5, 0.6) is 0 Å². The second-order valence-corrected chi connectivity index (χ2v) is 1.85. The van der Waals surface area contributed by atoms with Gasteiger partial charge in [-0.1, -0.05) is 42.5 Å². The molecular formula is C9H16N2O. The van der Waals surface area contributed by atoms with Crippen LogP contribution in [-0.4, -0.2) is 12.0 Å². The molecule has 0 amide bonds. The number of rotatable bonds is 2. The first kappa shape index (κ1) is 13.4. The number of hydrazine groups is 1. The molecule has 3 nitrogen and oxygen atoms in total. The fourth-order valence-electron chi connectivity index (χ4n) is 0.468. The summed E-state index contributed by atoms with van der Waals surface area (Å²) in [5.41, 5.74) is 2.40. The van der Waals surface area contributed by atoms with Gasteiger partial charge < -0.3 is 5.48 Å². The molecule has 0 aromatic heterocycles. The number of nitrogens with one attached hydrogen (secondary N) is 1. The maximum atomic E-state index is 4.82. The third-order valence-corrected chi connectivity index (χ3v) is 0.929. The first-order chi connectivity index (χ1) is 5.41. The summed E-state index contributed by atoms with van der Waals surface area (Å²) in [6.07, 6.45) is 1.69. The predicted octanol–water partition coefficient (Wildman–Crippen LogP) is 0.498. The van der Waals surface area contributed by atoms with E-state index in [2.05, 4.69) is 12.0 Å². The molecule has 1 aromatic carbocycles. The van der Waals surface area contributed by atoms with Crippen LogP contribution in [0.25, 0.3) is 0 Å². The van der Waals surface area contributed by atoms with Gasteiger partial charge in [-0.2, -0.15) is 0 Å². The summed E-state index contributed by atoms with van der Waals surface area (Å²) < 4.78 is 0. The van der Waals surface area contributed by atoms with E-state index in [9.17, 15) is 0 Å². The molecule has 3 heteroatoms. The highest BCUT2D eigenvalue weighted by molar-refractivity contribution is 4.99. The van der Waals surface area contributed by atoms with Gasteiger partial charge in [-0.05, 0) is 0 Å². The van der Waals surface area contributed by atoms with Crippen LogP contribution < -0.4 is 11.3 Å². The van der Waals surface area contributed by atoms with Gasteiger partial charge in [0.25, 0.3) is 0 Å². The van der Waals surface area contributed by atoms with E-state index >= 15 is 0 Å². The fraction of sp³-hybridized carbons (Fsp3) is 0.111. The van der Waals surface area contributed by atoms with Gasteiger partial charge in [0, 0.05) is 6.54 Å². The molecule has 0 aliphatic heterocycles. The van der Waals surface area contributed by atoms with Crippen molar-refractivity contribution in [2.75, 3.05) is 6.54 Å². The second kappa shape index (κ2) is 12.5. The van der Waals surface area contributed by atoms with Crippen LogP contribution in [0.1, 0.15) is 0 Å². The second-order valence-electron chi connectivity index (χ2n) is 1.85. The van der Waals surface area contributed by atoms with E-state index in [0.29, 0.717) is 6.54 Å². The molecule has 1 aromatic rings. The molecule has 0 atom stereocenters. The molecule has 0 fully saturated rings. The number of hydrogen-bond acceptors (Lipinski definition) is 2. The maximum absolute atomic E-state index is 4.82. The molecule has 0 radical (unpaired) electrons. The minimum absolute atomic E-state index is 0. The fourth-order valence-corrected chi connectivity index (χ4v) is 0.468. The lowest BCUT2D eigenvalue weighted by atomic mass is 10.4. The van der Waals surface area contributed by atoms with Gasteiger partial charge in [0.2, 0.25) is 0 Å². The SMILES string of the molecule is C=CCNN.O.c1ccccc1. The van der Waals surface area contributed by atoms with Crippen LogP contribution in [0.4, 0.5) is 0 Å². The third-order valence-electron chi connectivity index (χ3n) is 0.929. The summed E-state index contributed by atoms with van der Waals surface area (Å²) in [5.74, 6) is 4.82. The normalized spacial score (nSPS) is 7.08. The Balaban J connectivity index is 0. The number of hydrogen-bond donors (Lipinski definition) is 2. The van der Waals surface area contributed by atoms with Crippen LogP contribution in [-0.2, 0) is 0 Å². The minimum Gasteiger partial charge on any atom is -0.412 e. The molecule has 0 aliphatic rings. The lowest BCUT2D eigenvalue weighted by molar-refractivity contribution is 0.824. The molecule has 0 unspecified atom stereocenters. The average molecular weight is 168 g/mol. The predicted molar refractivity (Wildman–Crippen MR) is 52.4 cm³/mol. The van der Waals surface area contributed by atoms with Crippen molar-refractivity contribution in [3.8, 4) is 0 Å². The molecule has 0 bridgehead atoms. The smallest absolute Gasteiger partial charge is 0.0275 e. The highest BCUT2D eigenvalue weighted by Crippen LogP contribution is 1.79. The van der Waals surface area contributed by atoms with Crippen molar-refractivity contribution in [1.82, 2.24) is 5.43 Å². The zero-order chi connectivity index (χ0) is 8.36. The quantitative estimate of drug-likeness (QED) is 0.383. The minimum atomic E-state index is 0. The first-order valence-corrected chi connectivity index (χ1v) is 3.46. The van der Waals surface area contributed by atoms with Crippen LogP contribution in [0.15, 0.2) is 49.1 Å². The van der Waals surface area contributed by atoms with E-state index in [1.54, 1.807) is 6.08 Å². The van der Waals surface area contributed by atoms with Crippen molar-refractivity contribution >= 4 is 0 Å². The zero-order valence-corrected chi connectivity index (χ0v) is 7.03. The average Bonchev–Trinajstić information content (AvgIpc) is 2.10. The van der Waals surface area contributed by atoms with Crippen LogP contribution in [0.2, 0.25) is 0 Å². The Morgan fingerprint density at radius 3 is 1.50 bits per heavy atom. The van der Waals surface area contributed by atoms with Crippen molar-refractivity contribution in [3.63, 3.8) is 0 Å². The van der Waals surface area contributed by atoms with Gasteiger partial charge in [0.1, 0.15) is 0 Å². The van der Waals surface area contributed by atoms with E-state index in [1.165, 1.54) is 0 Å². The van der Waals surface area contributed by atoms with Crippen molar-refractivity contribution in [2.45, 2.75) is 0 Å². The summed E-state index contributed by atoms with van der Waals surface area (Å²) in [7, 11) is 0. The van der Waals surface area contributed by atoms with Crippen LogP contribution in [0.3, 0.4) is 0 Å². The molecule has 0 heterocycles. The maximum Gasteiger partial charge on any atom is 0.0275 e. The van der Waals surface area contributed by atoms with E-state index in [4.69, 9.17) is 5.84 Å². The van der Waals surface area contributed by atoms with Crippen molar-refractivity contribution in [3.05, 3.63) is 49.1 Å². The van der Waals surface area contributed by atoms with Gasteiger partial charge in [-0.25, -0.2) is 0 Å². The van der Waals surface area contributed by atoms with E-state index in [-0.39, 0.29) is 5.48 Å². The highest BCUT2D eigenvalue weighted by atomic mass is 16.0. The lowest BCUT2D eigenvalue weighted by Gasteiger charge is -1.80. The van der Waals surface area contributed by atoms with Crippen LogP contribution >= 0.6 is 0 Å². The van der Waals surface area contributed by atoms with Gasteiger partial charge in [-0.3, -0.25) is 11.3 Å². The van der Waals surface area contributed by atoms with Crippen LogP contribution in [0, 0.1) is 0 Å². The molecule has 1 rings (SSSR count). The van der Waals surface area contributed by atoms with E-state index in [1.807, 2.05) is 36.4 Å². The number of nitrogens with two attached hydrogens (primary N) is 1. The summed E-state index contributed by atoms with van der Waals surface area (Å²) >= 11 is 0. The van der Waals surface area contributed by atoms with Crippen molar-refractivity contribution in [2.24, 2.45) is 5.84 Å². The molecular weight excluding hydrogens is 152 g/mol. The highest BCUT2D eigenvalue weighted by Gasteiger charge is 1.58. The third kappa shape index (κ3) is 11.6. The summed E-state index contributed by atoms with van der Waals surface area (Å²) in [4.78, 5) is 0. The molecule has 0 spiro atoms. The molecule has 12 heavy (non-hydrogen) atoms. The monoisotopic (exact) mass is 168 g/mol. The standard InChI is InChI=1S/C6H6.C3H8N2.H2O/c1-2-4-6-5-3-1;1-2-3-5-4;/h1-6H;2,5H,1,3-4H2;1H2. The Labute approximate surface area is 73.2 Å². The van der Waals surface area contributed by atoms with Gasteiger partial charge in [0.15, 0.2) is 0 Å².